The summed E-state index contributed by atoms with van der Waals surface area (Å²) >= 11 is 0. The Morgan fingerprint density at radius 3 is 2.69 bits per heavy atom. The summed E-state index contributed by atoms with van der Waals surface area (Å²) in [5, 5.41) is 8.54. The van der Waals surface area contributed by atoms with Crippen LogP contribution in [0.15, 0.2) is 6.07 Å². The van der Waals surface area contributed by atoms with Crippen molar-refractivity contribution in [3.05, 3.63) is 23.0 Å². The summed E-state index contributed by atoms with van der Waals surface area (Å²) in [5.41, 5.74) is 5.51. The third kappa shape index (κ3) is 1.72. The number of aromatic nitrogens is 1. The zero-order valence-corrected chi connectivity index (χ0v) is 6.88. The summed E-state index contributed by atoms with van der Waals surface area (Å²) in [7, 11) is 0. The van der Waals surface area contributed by atoms with Crippen molar-refractivity contribution < 1.29 is 8.78 Å². The molecular weight excluding hydrogens is 176 g/mol. The molecule has 0 saturated heterocycles. The van der Waals surface area contributed by atoms with Crippen molar-refractivity contribution in [2.24, 2.45) is 0 Å². The molecule has 0 unspecified atom stereocenters. The molecule has 0 radical (unpaired) electrons. The Morgan fingerprint density at radius 2 is 2.23 bits per heavy atom. The number of nitrogens with zero attached hydrogens (tertiary/aromatic N) is 2. The first-order chi connectivity index (χ1) is 6.06. The summed E-state index contributed by atoms with van der Waals surface area (Å²) in [6.45, 7) is 1.57. The van der Waals surface area contributed by atoms with Gasteiger partial charge in [-0.1, -0.05) is 0 Å². The average molecular weight is 183 g/mol. The van der Waals surface area contributed by atoms with Crippen LogP contribution in [0.3, 0.4) is 0 Å². The third-order valence-electron chi connectivity index (χ3n) is 1.66. The monoisotopic (exact) mass is 183 g/mol. The number of rotatable bonds is 1. The topological polar surface area (TPSA) is 62.7 Å². The van der Waals surface area contributed by atoms with E-state index in [1.807, 2.05) is 0 Å². The van der Waals surface area contributed by atoms with Gasteiger partial charge in [0.05, 0.1) is 0 Å². The van der Waals surface area contributed by atoms with E-state index >= 15 is 0 Å². The summed E-state index contributed by atoms with van der Waals surface area (Å²) in [5.74, 6) is 0. The molecule has 1 aromatic rings. The van der Waals surface area contributed by atoms with E-state index in [0.717, 1.165) is 6.07 Å². The molecule has 3 nitrogen and oxygen atoms in total. The van der Waals surface area contributed by atoms with E-state index in [1.165, 1.54) is 0 Å². The van der Waals surface area contributed by atoms with Crippen molar-refractivity contribution in [2.45, 2.75) is 13.3 Å². The van der Waals surface area contributed by atoms with Crippen molar-refractivity contribution in [2.75, 3.05) is 5.73 Å². The Bertz CT molecular complexity index is 368. The van der Waals surface area contributed by atoms with Crippen molar-refractivity contribution in [3.63, 3.8) is 0 Å². The van der Waals surface area contributed by atoms with Crippen molar-refractivity contribution >= 4 is 5.69 Å². The smallest absolute Gasteiger partial charge is 0.280 e. The van der Waals surface area contributed by atoms with Crippen LogP contribution in [-0.2, 0) is 0 Å². The number of anilines is 1. The number of nitriles is 1. The van der Waals surface area contributed by atoms with Gasteiger partial charge >= 0.3 is 0 Å². The molecule has 0 atom stereocenters. The van der Waals surface area contributed by atoms with Crippen LogP contribution in [0.5, 0.6) is 0 Å². The van der Waals surface area contributed by atoms with Crippen molar-refractivity contribution in [3.8, 4) is 6.07 Å². The van der Waals surface area contributed by atoms with Crippen LogP contribution in [0.2, 0.25) is 0 Å². The number of nitrogen functional groups attached to an aromatic ring is 1. The lowest BCUT2D eigenvalue weighted by atomic mass is 10.1. The maximum absolute atomic E-state index is 12.2. The van der Waals surface area contributed by atoms with Gasteiger partial charge in [-0.05, 0) is 13.0 Å². The van der Waals surface area contributed by atoms with Crippen LogP contribution >= 0.6 is 0 Å². The molecule has 2 N–H and O–H groups in total. The number of alkyl halides is 2. The molecule has 1 heterocycles. The molecule has 0 aliphatic heterocycles. The maximum Gasteiger partial charge on any atom is 0.280 e. The van der Waals surface area contributed by atoms with Crippen LogP contribution in [0, 0.1) is 18.3 Å². The van der Waals surface area contributed by atoms with Gasteiger partial charge in [-0.15, -0.1) is 0 Å². The van der Waals surface area contributed by atoms with Gasteiger partial charge < -0.3 is 5.73 Å². The standard InChI is InChI=1S/C8H7F2N3/c1-4-5(12)2-6(8(9)10)13-7(4)3-11/h2,8H,1H3,(H2,12,13). The molecule has 1 rings (SSSR count). The average Bonchev–Trinajstić information content (AvgIpc) is 2.09. The van der Waals surface area contributed by atoms with Gasteiger partial charge in [-0.2, -0.15) is 5.26 Å². The summed E-state index contributed by atoms with van der Waals surface area (Å²) in [6, 6.07) is 2.79. The highest BCUT2D eigenvalue weighted by Crippen LogP contribution is 2.22. The Hall–Kier alpha value is -1.70. The first-order valence-electron chi connectivity index (χ1n) is 3.51. The second-order valence-electron chi connectivity index (χ2n) is 2.52. The molecule has 0 aliphatic carbocycles. The minimum atomic E-state index is -2.70. The molecule has 0 aromatic carbocycles. The summed E-state index contributed by atoms with van der Waals surface area (Å²) in [6.07, 6.45) is -2.70. The molecule has 5 heteroatoms. The number of halogens is 2. The van der Waals surface area contributed by atoms with E-state index in [-0.39, 0.29) is 11.4 Å². The summed E-state index contributed by atoms with van der Waals surface area (Å²) < 4.78 is 24.3. The minimum Gasteiger partial charge on any atom is -0.398 e. The van der Waals surface area contributed by atoms with E-state index in [0.29, 0.717) is 5.56 Å². The number of nitrogens with two attached hydrogens (primary N) is 1. The molecule has 13 heavy (non-hydrogen) atoms. The van der Waals surface area contributed by atoms with Gasteiger partial charge in [0.15, 0.2) is 0 Å². The first-order valence-corrected chi connectivity index (χ1v) is 3.51. The van der Waals surface area contributed by atoms with Crippen LogP contribution in [0.1, 0.15) is 23.4 Å². The molecular formula is C8H7F2N3. The predicted molar refractivity (Wildman–Crippen MR) is 43.1 cm³/mol. The summed E-state index contributed by atoms with van der Waals surface area (Å²) in [4.78, 5) is 3.46. The lowest BCUT2D eigenvalue weighted by Gasteiger charge is -2.04. The largest absolute Gasteiger partial charge is 0.398 e. The van der Waals surface area contributed by atoms with E-state index in [4.69, 9.17) is 11.0 Å². The molecule has 0 fully saturated rings. The molecule has 0 aliphatic rings. The lowest BCUT2D eigenvalue weighted by molar-refractivity contribution is 0.146. The lowest BCUT2D eigenvalue weighted by Crippen LogP contribution is -2.01. The second-order valence-corrected chi connectivity index (χ2v) is 2.52. The second kappa shape index (κ2) is 3.35. The van der Waals surface area contributed by atoms with Gasteiger partial charge in [0.25, 0.3) is 6.43 Å². The van der Waals surface area contributed by atoms with Crippen molar-refractivity contribution in [1.29, 1.82) is 5.26 Å². The van der Waals surface area contributed by atoms with Gasteiger partial charge in [-0.3, -0.25) is 0 Å². The third-order valence-corrected chi connectivity index (χ3v) is 1.66. The molecule has 0 amide bonds. The Balaban J connectivity index is 3.32. The highest BCUT2D eigenvalue weighted by molar-refractivity contribution is 5.52. The van der Waals surface area contributed by atoms with Crippen LogP contribution in [-0.4, -0.2) is 4.98 Å². The van der Waals surface area contributed by atoms with Gasteiger partial charge in [0.2, 0.25) is 0 Å². The highest BCUT2D eigenvalue weighted by atomic mass is 19.3. The predicted octanol–water partition coefficient (Wildman–Crippen LogP) is 1.78. The number of hydrogen-bond donors (Lipinski definition) is 1. The fourth-order valence-electron chi connectivity index (χ4n) is 0.870. The zero-order chi connectivity index (χ0) is 10.0. The Kier molecular flexibility index (Phi) is 2.42. The Morgan fingerprint density at radius 1 is 1.62 bits per heavy atom. The molecule has 68 valence electrons. The van der Waals surface area contributed by atoms with Crippen LogP contribution < -0.4 is 5.73 Å². The first kappa shape index (κ1) is 9.39. The number of hydrogen-bond acceptors (Lipinski definition) is 3. The molecule has 1 aromatic heterocycles. The van der Waals surface area contributed by atoms with Gasteiger partial charge in [0, 0.05) is 11.3 Å². The fourth-order valence-corrected chi connectivity index (χ4v) is 0.870. The van der Waals surface area contributed by atoms with E-state index < -0.39 is 12.1 Å². The van der Waals surface area contributed by atoms with E-state index in [2.05, 4.69) is 4.98 Å². The Labute approximate surface area is 73.8 Å². The quantitative estimate of drug-likeness (QED) is 0.721. The van der Waals surface area contributed by atoms with Crippen LogP contribution in [0.4, 0.5) is 14.5 Å². The SMILES string of the molecule is Cc1c(N)cc(C(F)F)nc1C#N. The minimum absolute atomic E-state index is 0.0460. The maximum atomic E-state index is 12.2. The zero-order valence-electron chi connectivity index (χ0n) is 6.88. The van der Waals surface area contributed by atoms with Crippen LogP contribution in [0.25, 0.3) is 0 Å². The normalized spacial score (nSPS) is 10.1. The van der Waals surface area contributed by atoms with Gasteiger partial charge in [0.1, 0.15) is 17.5 Å². The fraction of sp³-hybridized carbons (Fsp3) is 0.250. The molecule has 0 saturated carbocycles. The number of pyridine rings is 1. The highest BCUT2D eigenvalue weighted by Gasteiger charge is 2.13. The van der Waals surface area contributed by atoms with E-state index in [1.54, 1.807) is 13.0 Å². The molecule has 0 spiro atoms. The van der Waals surface area contributed by atoms with Crippen molar-refractivity contribution in [1.82, 2.24) is 4.98 Å². The van der Waals surface area contributed by atoms with E-state index in [9.17, 15) is 8.78 Å². The van der Waals surface area contributed by atoms with Gasteiger partial charge in [-0.25, -0.2) is 13.8 Å². The molecule has 0 bridgehead atoms.